The van der Waals surface area contributed by atoms with E-state index in [0.29, 0.717) is 40.6 Å². The molecule has 0 atom stereocenters. The van der Waals surface area contributed by atoms with Crippen molar-refractivity contribution in [1.82, 2.24) is 19.9 Å². The minimum Gasteiger partial charge on any atom is -0.503 e. The zero-order valence-electron chi connectivity index (χ0n) is 35.9. The molecule has 0 fully saturated rings. The third-order valence-electron chi connectivity index (χ3n) is 10.6. The molecule has 61 heavy (non-hydrogen) atoms. The summed E-state index contributed by atoms with van der Waals surface area (Å²) in [4.78, 5) is 18.9. The molecule has 0 bridgehead atoms. The molecule has 3 aromatic heterocycles. The van der Waals surface area contributed by atoms with Crippen LogP contribution >= 0.6 is 0 Å². The summed E-state index contributed by atoms with van der Waals surface area (Å²) in [6.07, 6.45) is 9.30. The summed E-state index contributed by atoms with van der Waals surface area (Å²) in [6.45, 7) is 17.3. The molecule has 0 saturated heterocycles. The van der Waals surface area contributed by atoms with Crippen molar-refractivity contribution in [2.24, 2.45) is 11.8 Å². The molecule has 0 aliphatic carbocycles. The van der Waals surface area contributed by atoms with Crippen molar-refractivity contribution in [3.8, 4) is 56.6 Å². The smallest absolute Gasteiger partial charge is 0.503 e. The minimum absolute atomic E-state index is 0. The summed E-state index contributed by atoms with van der Waals surface area (Å²) in [5, 5.41) is 0. The fraction of sp³-hybridized carbons (Fsp3) is 0.269. The fourth-order valence-electron chi connectivity index (χ4n) is 7.75. The number of benzene rings is 4. The Kier molecular flexibility index (Phi) is 15.0. The molecule has 0 saturated carbocycles. The van der Waals surface area contributed by atoms with Gasteiger partial charge in [-0.15, -0.1) is 58.7 Å². The molecule has 312 valence electrons. The van der Waals surface area contributed by atoms with E-state index in [4.69, 9.17) is 29.4 Å². The van der Waals surface area contributed by atoms with Gasteiger partial charge in [-0.2, -0.15) is 34.2 Å². The molecule has 4 aromatic carbocycles. The zero-order chi connectivity index (χ0) is 41.2. The zero-order valence-corrected chi connectivity index (χ0v) is 39.7. The van der Waals surface area contributed by atoms with Gasteiger partial charge in [0.2, 0.25) is 6.71 Å². The van der Waals surface area contributed by atoms with E-state index < -0.39 is 0 Å². The number of aromatic nitrogens is 4. The SMILES string of the molecule is CC(C)Cc1ccnc(-c2[c-]c(Oc3[c-]c4c(cc3)-c3ccc(Oc5[c-]c(-c6cc(CC(C)C)ccn6)cc(C(C)C)c5)[c-]c3B4c3ncccn3)cc(C(C)C)c2)c1.[Pd+2].[Pt+2]. The van der Waals surface area contributed by atoms with Crippen LogP contribution in [-0.4, -0.2) is 26.6 Å². The molecule has 0 amide bonds. The van der Waals surface area contributed by atoms with E-state index in [0.717, 1.165) is 68.5 Å². The van der Waals surface area contributed by atoms with Crippen LogP contribution in [0.5, 0.6) is 23.0 Å². The van der Waals surface area contributed by atoms with Gasteiger partial charge in [0.05, 0.1) is 5.72 Å². The first kappa shape index (κ1) is 45.8. The molecule has 0 spiro atoms. The summed E-state index contributed by atoms with van der Waals surface area (Å²) in [7, 11) is 0. The van der Waals surface area contributed by atoms with Crippen LogP contribution in [-0.2, 0) is 54.3 Å². The minimum atomic E-state index is -0.336. The second-order valence-corrected chi connectivity index (χ2v) is 17.0. The molecule has 0 N–H and O–H groups in total. The summed E-state index contributed by atoms with van der Waals surface area (Å²) in [5.74, 6) is 4.05. The van der Waals surface area contributed by atoms with Crippen molar-refractivity contribution in [2.45, 2.75) is 80.1 Å². The Morgan fingerprint density at radius 2 is 0.951 bits per heavy atom. The van der Waals surface area contributed by atoms with Crippen LogP contribution in [0.2, 0.25) is 0 Å². The van der Waals surface area contributed by atoms with Crippen LogP contribution < -0.4 is 26.1 Å². The van der Waals surface area contributed by atoms with Crippen molar-refractivity contribution in [3.05, 3.63) is 150 Å². The van der Waals surface area contributed by atoms with E-state index in [1.807, 2.05) is 30.6 Å². The Morgan fingerprint density at radius 3 is 1.36 bits per heavy atom. The maximum absolute atomic E-state index is 6.62. The van der Waals surface area contributed by atoms with Crippen molar-refractivity contribution in [1.29, 1.82) is 0 Å². The van der Waals surface area contributed by atoms with Crippen molar-refractivity contribution in [2.75, 3.05) is 0 Å². The molecule has 6 nitrogen and oxygen atoms in total. The summed E-state index contributed by atoms with van der Waals surface area (Å²) in [5.41, 5.74) is 12.9. The Bertz CT molecular complexity index is 2460. The Labute approximate surface area is 390 Å². The van der Waals surface area contributed by atoms with E-state index in [1.54, 1.807) is 12.4 Å². The molecule has 7 aromatic rings. The van der Waals surface area contributed by atoms with Gasteiger partial charge in [0, 0.05) is 47.8 Å². The van der Waals surface area contributed by atoms with E-state index in [9.17, 15) is 0 Å². The van der Waals surface area contributed by atoms with Crippen molar-refractivity contribution >= 4 is 23.4 Å². The van der Waals surface area contributed by atoms with Gasteiger partial charge in [-0.25, -0.2) is 0 Å². The molecule has 1 aliphatic heterocycles. The summed E-state index contributed by atoms with van der Waals surface area (Å²) < 4.78 is 13.2. The number of nitrogens with zero attached hydrogens (tertiary/aromatic N) is 4. The second kappa shape index (κ2) is 20.0. The van der Waals surface area contributed by atoms with Crippen LogP contribution in [0.3, 0.4) is 0 Å². The van der Waals surface area contributed by atoms with Crippen molar-refractivity contribution < 1.29 is 51.0 Å². The third-order valence-corrected chi connectivity index (χ3v) is 10.6. The first-order valence-electron chi connectivity index (χ1n) is 20.8. The maximum atomic E-state index is 6.62. The summed E-state index contributed by atoms with van der Waals surface area (Å²) in [6, 6.07) is 41.2. The first-order valence-corrected chi connectivity index (χ1v) is 20.8. The topological polar surface area (TPSA) is 70.0 Å². The first-order chi connectivity index (χ1) is 28.5. The standard InChI is InChI=1S/C52H49BN4O2.Pd.Pt/c1-32(2)20-36-14-18-54-50(22-36)40-24-38(34(5)6)26-44(28-40)58-42-10-12-46-47-13-11-43(31-49(47)53(48(46)30-42)52-56-16-9-17-57-52)59-45-27-39(35(7)8)25-41(29-45)51-23-37(15-19-55-51)21-33(3)4;;/h9-19,22-27,32-35H,20-21H2,1-8H3;;/q-4;2*+2. The molecular formula is C52H49BN4O2PdPt. The predicted octanol–water partition coefficient (Wildman–Crippen LogP) is 10.5. The van der Waals surface area contributed by atoms with E-state index in [2.05, 4.69) is 140 Å². The average Bonchev–Trinajstić information content (AvgIpc) is 3.53. The Morgan fingerprint density at radius 1 is 0.508 bits per heavy atom. The molecule has 8 rings (SSSR count). The normalized spacial score (nSPS) is 11.7. The van der Waals surface area contributed by atoms with Gasteiger partial charge >= 0.3 is 41.5 Å². The molecule has 0 radical (unpaired) electrons. The van der Waals surface area contributed by atoms with Gasteiger partial charge in [-0.05, 0) is 66.1 Å². The Hall–Kier alpha value is -4.72. The van der Waals surface area contributed by atoms with Crippen LogP contribution in [0.1, 0.15) is 89.5 Å². The van der Waals surface area contributed by atoms with Crippen LogP contribution in [0.15, 0.2) is 104 Å². The predicted molar refractivity (Wildman–Crippen MR) is 239 cm³/mol. The van der Waals surface area contributed by atoms with Crippen LogP contribution in [0, 0.1) is 36.1 Å². The molecule has 4 heterocycles. The fourth-order valence-corrected chi connectivity index (χ4v) is 7.75. The van der Waals surface area contributed by atoms with E-state index >= 15 is 0 Å². The van der Waals surface area contributed by atoms with Crippen LogP contribution in [0.4, 0.5) is 0 Å². The van der Waals surface area contributed by atoms with Gasteiger partial charge in [0.25, 0.3) is 0 Å². The Balaban J connectivity index is 0.00000311. The number of pyridine rings is 2. The second-order valence-electron chi connectivity index (χ2n) is 17.0. The molecular weight excluding hydrogens is 1020 g/mol. The largest absolute Gasteiger partial charge is 2.00 e. The van der Waals surface area contributed by atoms with Crippen molar-refractivity contribution in [3.63, 3.8) is 0 Å². The summed E-state index contributed by atoms with van der Waals surface area (Å²) >= 11 is 0. The van der Waals surface area contributed by atoms with Gasteiger partial charge in [0.1, 0.15) is 0 Å². The monoisotopic (exact) mass is 1070 g/mol. The number of hydrogen-bond donors (Lipinski definition) is 0. The quantitative estimate of drug-likeness (QED) is 0.0847. The van der Waals surface area contributed by atoms with Gasteiger partial charge in [-0.1, -0.05) is 103 Å². The number of fused-ring (bicyclic) bond motifs is 3. The molecule has 9 heteroatoms. The number of ether oxygens (including phenoxy) is 2. The average molecular weight is 1070 g/mol. The number of rotatable bonds is 13. The van der Waals surface area contributed by atoms with Crippen LogP contribution in [0.25, 0.3) is 33.6 Å². The number of hydrogen-bond acceptors (Lipinski definition) is 6. The van der Waals surface area contributed by atoms with E-state index in [1.165, 1.54) is 11.1 Å². The van der Waals surface area contributed by atoms with Gasteiger partial charge in [0.15, 0.2) is 0 Å². The van der Waals surface area contributed by atoms with Gasteiger partial charge in [-0.3, -0.25) is 9.97 Å². The maximum Gasteiger partial charge on any atom is 2.00 e. The van der Waals surface area contributed by atoms with Gasteiger partial charge < -0.3 is 19.4 Å². The van der Waals surface area contributed by atoms with E-state index in [-0.39, 0.29) is 60.0 Å². The molecule has 1 aliphatic rings. The molecule has 0 unspecified atom stereocenters. The third kappa shape index (κ3) is 10.7.